The summed E-state index contributed by atoms with van der Waals surface area (Å²) in [5.74, 6) is 0.408. The summed E-state index contributed by atoms with van der Waals surface area (Å²) in [6, 6.07) is 12.3. The Morgan fingerprint density at radius 2 is 2.08 bits per heavy atom. The molecule has 8 heteroatoms. The highest BCUT2D eigenvalue weighted by Crippen LogP contribution is 2.24. The Kier molecular flexibility index (Phi) is 5.22. The van der Waals surface area contributed by atoms with E-state index in [0.29, 0.717) is 13.1 Å². The second kappa shape index (κ2) is 7.57. The van der Waals surface area contributed by atoms with Gasteiger partial charge in [0.05, 0.1) is 16.0 Å². The number of fused-ring (bicyclic) bond motifs is 1. The van der Waals surface area contributed by atoms with Gasteiger partial charge in [-0.25, -0.2) is 4.98 Å². The van der Waals surface area contributed by atoms with Crippen molar-refractivity contribution in [1.29, 1.82) is 0 Å². The molecule has 0 aliphatic rings. The number of thioether (sulfide) groups is 1. The molecule has 2 aromatic carbocycles. The molecule has 0 atom stereocenters. The highest BCUT2D eigenvalue weighted by Gasteiger charge is 2.20. The normalized spacial score (nSPS) is 10.8. The Morgan fingerprint density at radius 3 is 2.81 bits per heavy atom. The minimum Gasteiger partial charge on any atom is -0.350 e. The van der Waals surface area contributed by atoms with Crippen LogP contribution < -0.4 is 5.32 Å². The van der Waals surface area contributed by atoms with Crippen molar-refractivity contribution >= 4 is 34.4 Å². The summed E-state index contributed by atoms with van der Waals surface area (Å²) >= 11 is 1.43. The highest BCUT2D eigenvalue weighted by atomic mass is 32.2. The molecule has 3 aromatic rings. The number of carbonyl (C=O) groups is 1. The van der Waals surface area contributed by atoms with Crippen LogP contribution in [0.3, 0.4) is 0 Å². The Balaban J connectivity index is 1.75. The van der Waals surface area contributed by atoms with Crippen molar-refractivity contribution in [3.63, 3.8) is 0 Å². The molecule has 26 heavy (non-hydrogen) atoms. The first-order valence-electron chi connectivity index (χ1n) is 8.03. The smallest absolute Gasteiger partial charge is 0.282 e. The van der Waals surface area contributed by atoms with Crippen molar-refractivity contribution in [1.82, 2.24) is 14.9 Å². The average Bonchev–Trinajstić information content (AvgIpc) is 2.96. The summed E-state index contributed by atoms with van der Waals surface area (Å²) in [6.45, 7) is 2.80. The lowest BCUT2D eigenvalue weighted by atomic mass is 10.1. The van der Waals surface area contributed by atoms with Gasteiger partial charge < -0.3 is 9.88 Å². The number of carbonyl (C=O) groups excluding carboxylic acids is 1. The molecule has 0 aliphatic carbocycles. The van der Waals surface area contributed by atoms with Gasteiger partial charge in [-0.3, -0.25) is 14.9 Å². The van der Waals surface area contributed by atoms with E-state index >= 15 is 0 Å². The van der Waals surface area contributed by atoms with Crippen LogP contribution in [0.15, 0.2) is 47.4 Å². The number of hydrogen-bond acceptors (Lipinski definition) is 5. The van der Waals surface area contributed by atoms with Crippen LogP contribution in [0, 0.1) is 17.0 Å². The van der Waals surface area contributed by atoms with Gasteiger partial charge in [0.25, 0.3) is 11.6 Å². The summed E-state index contributed by atoms with van der Waals surface area (Å²) < 4.78 is 2.02. The second-order valence-corrected chi connectivity index (χ2v) is 6.58. The zero-order valence-electron chi connectivity index (χ0n) is 14.4. The fourth-order valence-corrected chi connectivity index (χ4v) is 3.28. The Hall–Kier alpha value is -2.87. The maximum Gasteiger partial charge on any atom is 0.282 e. The van der Waals surface area contributed by atoms with Gasteiger partial charge in [0, 0.05) is 24.1 Å². The number of nitrogens with one attached hydrogen (secondary N) is 1. The molecule has 0 radical (unpaired) electrons. The maximum absolute atomic E-state index is 12.5. The Morgan fingerprint density at radius 1 is 1.31 bits per heavy atom. The van der Waals surface area contributed by atoms with E-state index in [1.165, 1.54) is 17.8 Å². The standard InChI is InChI=1S/C18H18N4O3S/c1-12-20-15-5-3-4-6-17(15)21(12)10-9-19-18(23)14-11-13(26-2)7-8-16(14)22(24)25/h3-8,11H,9-10H2,1-2H3,(H,19,23). The molecule has 7 nitrogen and oxygen atoms in total. The van der Waals surface area contributed by atoms with Crippen LogP contribution in [0.5, 0.6) is 0 Å². The predicted octanol–water partition coefficient (Wildman–Crippen LogP) is 3.40. The number of nitro groups is 1. The molecule has 0 fully saturated rings. The van der Waals surface area contributed by atoms with Gasteiger partial charge >= 0.3 is 0 Å². The predicted molar refractivity (Wildman–Crippen MR) is 102 cm³/mol. The molecular formula is C18H18N4O3S. The molecule has 0 bridgehead atoms. The van der Waals surface area contributed by atoms with Gasteiger partial charge in [-0.15, -0.1) is 11.8 Å². The average molecular weight is 370 g/mol. The fourth-order valence-electron chi connectivity index (χ4n) is 2.84. The summed E-state index contributed by atoms with van der Waals surface area (Å²) in [5.41, 5.74) is 1.79. The molecule has 1 N–H and O–H groups in total. The molecule has 0 saturated carbocycles. The minimum atomic E-state index is -0.535. The first-order valence-corrected chi connectivity index (χ1v) is 9.26. The van der Waals surface area contributed by atoms with E-state index in [-0.39, 0.29) is 11.3 Å². The van der Waals surface area contributed by atoms with Crippen molar-refractivity contribution in [2.45, 2.75) is 18.4 Å². The Labute approximate surface area is 154 Å². The number of aromatic nitrogens is 2. The molecule has 1 amide bonds. The first-order chi connectivity index (χ1) is 12.5. The van der Waals surface area contributed by atoms with Crippen LogP contribution in [0.25, 0.3) is 11.0 Å². The first kappa shape index (κ1) is 17.9. The van der Waals surface area contributed by atoms with Gasteiger partial charge in [-0.1, -0.05) is 12.1 Å². The topological polar surface area (TPSA) is 90.1 Å². The number of imidazole rings is 1. The third kappa shape index (κ3) is 3.55. The van der Waals surface area contributed by atoms with Crippen molar-refractivity contribution in [3.8, 4) is 0 Å². The van der Waals surface area contributed by atoms with Crippen molar-refractivity contribution in [3.05, 3.63) is 64.0 Å². The van der Waals surface area contributed by atoms with E-state index in [2.05, 4.69) is 10.3 Å². The number of amides is 1. The third-order valence-electron chi connectivity index (χ3n) is 4.11. The highest BCUT2D eigenvalue weighted by molar-refractivity contribution is 7.98. The monoisotopic (exact) mass is 370 g/mol. The van der Waals surface area contributed by atoms with E-state index in [1.807, 2.05) is 42.0 Å². The number of hydrogen-bond donors (Lipinski definition) is 1. The zero-order chi connectivity index (χ0) is 18.7. The second-order valence-electron chi connectivity index (χ2n) is 5.70. The van der Waals surface area contributed by atoms with Crippen LogP contribution in [0.4, 0.5) is 5.69 Å². The summed E-state index contributed by atoms with van der Waals surface area (Å²) in [6.07, 6.45) is 1.86. The van der Waals surface area contributed by atoms with Gasteiger partial charge in [0.1, 0.15) is 11.4 Å². The number of aryl methyl sites for hydroxylation is 1. The molecule has 0 aliphatic heterocycles. The maximum atomic E-state index is 12.5. The molecule has 134 valence electrons. The number of nitrogens with zero attached hydrogens (tertiary/aromatic N) is 3. The molecule has 3 rings (SSSR count). The van der Waals surface area contributed by atoms with E-state index < -0.39 is 10.8 Å². The van der Waals surface area contributed by atoms with Crippen molar-refractivity contribution in [2.75, 3.05) is 12.8 Å². The fraction of sp³-hybridized carbons (Fsp3) is 0.222. The summed E-state index contributed by atoms with van der Waals surface area (Å²) in [5, 5.41) is 14.0. The van der Waals surface area contributed by atoms with Gasteiger partial charge in [-0.2, -0.15) is 0 Å². The quantitative estimate of drug-likeness (QED) is 0.408. The molecule has 1 aromatic heterocycles. The Bertz CT molecular complexity index is 984. The molecule has 0 unspecified atom stereocenters. The molecular weight excluding hydrogens is 352 g/mol. The third-order valence-corrected chi connectivity index (χ3v) is 4.84. The van der Waals surface area contributed by atoms with Crippen LogP contribution in [0.1, 0.15) is 16.2 Å². The van der Waals surface area contributed by atoms with Crippen molar-refractivity contribution in [2.24, 2.45) is 0 Å². The molecule has 0 saturated heterocycles. The largest absolute Gasteiger partial charge is 0.350 e. The summed E-state index contributed by atoms with van der Waals surface area (Å²) in [4.78, 5) is 28.4. The lowest BCUT2D eigenvalue weighted by molar-refractivity contribution is -0.385. The SMILES string of the molecule is CSc1ccc([N+](=O)[O-])c(C(=O)NCCn2c(C)nc3ccccc32)c1. The number of benzene rings is 2. The lowest BCUT2D eigenvalue weighted by Gasteiger charge is -2.09. The van der Waals surface area contributed by atoms with Crippen LogP contribution in [-0.2, 0) is 6.54 Å². The lowest BCUT2D eigenvalue weighted by Crippen LogP contribution is -2.28. The van der Waals surface area contributed by atoms with Gasteiger partial charge in [0.15, 0.2) is 0 Å². The summed E-state index contributed by atoms with van der Waals surface area (Å²) in [7, 11) is 0. The van der Waals surface area contributed by atoms with Gasteiger partial charge in [-0.05, 0) is 37.4 Å². The number of para-hydroxylation sites is 2. The van der Waals surface area contributed by atoms with Crippen molar-refractivity contribution < 1.29 is 9.72 Å². The number of nitro benzene ring substituents is 1. The van der Waals surface area contributed by atoms with Crippen LogP contribution >= 0.6 is 11.8 Å². The molecule has 0 spiro atoms. The molecule has 1 heterocycles. The van der Waals surface area contributed by atoms with E-state index in [1.54, 1.807) is 12.1 Å². The van der Waals surface area contributed by atoms with Gasteiger partial charge in [0.2, 0.25) is 0 Å². The zero-order valence-corrected chi connectivity index (χ0v) is 15.2. The van der Waals surface area contributed by atoms with E-state index in [0.717, 1.165) is 21.8 Å². The van der Waals surface area contributed by atoms with Crippen LogP contribution in [0.2, 0.25) is 0 Å². The minimum absolute atomic E-state index is 0.0778. The van der Waals surface area contributed by atoms with E-state index in [4.69, 9.17) is 0 Å². The van der Waals surface area contributed by atoms with E-state index in [9.17, 15) is 14.9 Å². The number of rotatable bonds is 6. The van der Waals surface area contributed by atoms with Crippen LogP contribution in [-0.4, -0.2) is 33.2 Å².